The van der Waals surface area contributed by atoms with E-state index in [4.69, 9.17) is 4.74 Å². The molecule has 0 amide bonds. The minimum Gasteiger partial charge on any atom is -0.493 e. The van der Waals surface area contributed by atoms with Crippen LogP contribution in [0.1, 0.15) is 26.3 Å². The predicted octanol–water partition coefficient (Wildman–Crippen LogP) is 1.33. The molecule has 0 radical (unpaired) electrons. The molecule has 19 heavy (non-hydrogen) atoms. The summed E-state index contributed by atoms with van der Waals surface area (Å²) in [5, 5.41) is 27.7. The second-order valence-corrected chi connectivity index (χ2v) is 6.04. The van der Waals surface area contributed by atoms with Crippen molar-refractivity contribution in [3.05, 3.63) is 29.8 Å². The van der Waals surface area contributed by atoms with Gasteiger partial charge in [0.2, 0.25) is 0 Å². The molecule has 1 rings (SSSR count). The first kappa shape index (κ1) is 16.0. The van der Waals surface area contributed by atoms with Crippen LogP contribution in [0.25, 0.3) is 0 Å². The molecule has 1 aromatic carbocycles. The first-order valence-electron chi connectivity index (χ1n) is 6.43. The third kappa shape index (κ3) is 4.20. The van der Waals surface area contributed by atoms with Gasteiger partial charge in [0.15, 0.2) is 0 Å². The molecule has 0 spiro atoms. The summed E-state index contributed by atoms with van der Waals surface area (Å²) in [6.07, 6.45) is 0. The Kier molecular flexibility index (Phi) is 5.35. The van der Waals surface area contributed by atoms with E-state index in [1.807, 2.05) is 24.3 Å². The number of hydrogen-bond donors (Lipinski definition) is 3. The van der Waals surface area contributed by atoms with E-state index in [2.05, 4.69) is 20.8 Å². The predicted molar refractivity (Wildman–Crippen MR) is 74.3 cm³/mol. The van der Waals surface area contributed by atoms with Crippen LogP contribution in [0.3, 0.4) is 0 Å². The fourth-order valence-corrected chi connectivity index (χ4v) is 1.58. The summed E-state index contributed by atoms with van der Waals surface area (Å²) in [5.41, 5.74) is 0.173. The van der Waals surface area contributed by atoms with E-state index < -0.39 is 5.41 Å². The molecule has 0 saturated heterocycles. The third-order valence-corrected chi connectivity index (χ3v) is 3.25. The van der Waals surface area contributed by atoms with Gasteiger partial charge in [0, 0.05) is 0 Å². The van der Waals surface area contributed by atoms with Gasteiger partial charge in [-0.15, -0.1) is 0 Å². The first-order valence-corrected chi connectivity index (χ1v) is 6.43. The molecule has 108 valence electrons. The van der Waals surface area contributed by atoms with Crippen LogP contribution in [0.2, 0.25) is 0 Å². The lowest BCUT2D eigenvalue weighted by Crippen LogP contribution is -2.39. The topological polar surface area (TPSA) is 69.9 Å². The van der Waals surface area contributed by atoms with Crippen molar-refractivity contribution in [3.8, 4) is 5.75 Å². The summed E-state index contributed by atoms with van der Waals surface area (Å²) in [5.74, 6) is 0.673. The Hall–Kier alpha value is -1.10. The lowest BCUT2D eigenvalue weighted by atomic mass is 9.87. The number of hydrogen-bond acceptors (Lipinski definition) is 4. The van der Waals surface area contributed by atoms with Gasteiger partial charge in [-0.05, 0) is 23.1 Å². The number of ether oxygens (including phenoxy) is 1. The van der Waals surface area contributed by atoms with Crippen molar-refractivity contribution in [1.29, 1.82) is 0 Å². The second kappa shape index (κ2) is 6.37. The zero-order valence-corrected chi connectivity index (χ0v) is 11.9. The molecule has 0 aliphatic carbocycles. The molecular weight excluding hydrogens is 244 g/mol. The van der Waals surface area contributed by atoms with Crippen molar-refractivity contribution in [2.45, 2.75) is 26.2 Å². The Morgan fingerprint density at radius 1 is 1.00 bits per heavy atom. The van der Waals surface area contributed by atoms with Crippen LogP contribution >= 0.6 is 0 Å². The smallest absolute Gasteiger partial charge is 0.119 e. The highest BCUT2D eigenvalue weighted by Gasteiger charge is 2.29. The molecule has 0 fully saturated rings. The van der Waals surface area contributed by atoms with E-state index in [-0.39, 0.29) is 31.8 Å². The summed E-state index contributed by atoms with van der Waals surface area (Å²) in [7, 11) is 0. The van der Waals surface area contributed by atoms with Crippen molar-refractivity contribution >= 4 is 0 Å². The maximum atomic E-state index is 9.24. The summed E-state index contributed by atoms with van der Waals surface area (Å²) >= 11 is 0. The van der Waals surface area contributed by atoms with Crippen molar-refractivity contribution in [1.82, 2.24) is 0 Å². The van der Waals surface area contributed by atoms with Gasteiger partial charge in [0.25, 0.3) is 0 Å². The molecule has 3 N–H and O–H groups in total. The van der Waals surface area contributed by atoms with E-state index in [1.54, 1.807) is 0 Å². The van der Waals surface area contributed by atoms with E-state index in [0.717, 1.165) is 5.56 Å². The Bertz CT molecular complexity index is 383. The minimum absolute atomic E-state index is 0.0292. The highest BCUT2D eigenvalue weighted by Crippen LogP contribution is 2.26. The molecule has 0 saturated carbocycles. The van der Waals surface area contributed by atoms with Crippen LogP contribution in [-0.2, 0) is 5.41 Å². The summed E-state index contributed by atoms with van der Waals surface area (Å²) in [4.78, 5) is 0. The van der Waals surface area contributed by atoms with Crippen LogP contribution < -0.4 is 4.74 Å². The third-order valence-electron chi connectivity index (χ3n) is 3.25. The van der Waals surface area contributed by atoms with Crippen molar-refractivity contribution < 1.29 is 20.1 Å². The molecule has 0 bridgehead atoms. The largest absolute Gasteiger partial charge is 0.493 e. The molecule has 0 aliphatic rings. The summed E-state index contributed by atoms with van der Waals surface area (Å²) in [6.45, 7) is 5.46. The second-order valence-electron chi connectivity index (χ2n) is 6.04. The molecule has 1 aromatic rings. The lowest BCUT2D eigenvalue weighted by Gasteiger charge is -2.27. The molecule has 0 heterocycles. The zero-order valence-electron chi connectivity index (χ0n) is 11.9. The SMILES string of the molecule is CC(C)(C)c1cccc(OCC(CO)(CO)CO)c1. The average molecular weight is 268 g/mol. The van der Waals surface area contributed by atoms with Gasteiger partial charge in [-0.3, -0.25) is 0 Å². The molecule has 0 aromatic heterocycles. The van der Waals surface area contributed by atoms with Gasteiger partial charge in [0.1, 0.15) is 12.4 Å². The molecule has 0 unspecified atom stereocenters. The van der Waals surface area contributed by atoms with Gasteiger partial charge in [0.05, 0.1) is 25.2 Å². The van der Waals surface area contributed by atoms with Crippen LogP contribution in [0.5, 0.6) is 5.75 Å². The number of benzene rings is 1. The Morgan fingerprint density at radius 3 is 2.05 bits per heavy atom. The monoisotopic (exact) mass is 268 g/mol. The number of aliphatic hydroxyl groups excluding tert-OH is 3. The molecule has 4 heteroatoms. The van der Waals surface area contributed by atoms with Crippen LogP contribution in [0.15, 0.2) is 24.3 Å². The normalized spacial score (nSPS) is 12.5. The van der Waals surface area contributed by atoms with E-state index in [0.29, 0.717) is 5.75 Å². The van der Waals surface area contributed by atoms with Gasteiger partial charge < -0.3 is 20.1 Å². The van der Waals surface area contributed by atoms with Crippen molar-refractivity contribution in [3.63, 3.8) is 0 Å². The van der Waals surface area contributed by atoms with Gasteiger partial charge >= 0.3 is 0 Å². The van der Waals surface area contributed by atoms with Crippen LogP contribution in [-0.4, -0.2) is 41.7 Å². The fraction of sp³-hybridized carbons (Fsp3) is 0.600. The molecule has 0 atom stereocenters. The first-order chi connectivity index (χ1) is 8.87. The Morgan fingerprint density at radius 2 is 1.58 bits per heavy atom. The zero-order chi connectivity index (χ0) is 14.5. The van der Waals surface area contributed by atoms with Crippen molar-refractivity contribution in [2.24, 2.45) is 5.41 Å². The molecular formula is C15H24O4. The van der Waals surface area contributed by atoms with Gasteiger partial charge in [-0.25, -0.2) is 0 Å². The highest BCUT2D eigenvalue weighted by molar-refractivity contribution is 5.32. The van der Waals surface area contributed by atoms with Crippen molar-refractivity contribution in [2.75, 3.05) is 26.4 Å². The summed E-state index contributed by atoms with van der Waals surface area (Å²) < 4.78 is 5.60. The van der Waals surface area contributed by atoms with E-state index in [1.165, 1.54) is 0 Å². The Labute approximate surface area is 114 Å². The van der Waals surface area contributed by atoms with E-state index in [9.17, 15) is 15.3 Å². The Balaban J connectivity index is 2.78. The number of rotatable bonds is 6. The summed E-state index contributed by atoms with van der Waals surface area (Å²) in [6, 6.07) is 7.71. The van der Waals surface area contributed by atoms with Crippen LogP contribution in [0.4, 0.5) is 0 Å². The highest BCUT2D eigenvalue weighted by atomic mass is 16.5. The van der Waals surface area contributed by atoms with Crippen LogP contribution in [0, 0.1) is 5.41 Å². The lowest BCUT2D eigenvalue weighted by molar-refractivity contribution is -0.0258. The quantitative estimate of drug-likeness (QED) is 0.728. The fourth-order valence-electron chi connectivity index (χ4n) is 1.58. The standard InChI is InChI=1S/C15H24O4/c1-14(2,3)12-5-4-6-13(7-12)19-11-15(8-16,9-17)10-18/h4-7,16-18H,8-11H2,1-3H3. The maximum Gasteiger partial charge on any atom is 0.119 e. The average Bonchev–Trinajstić information content (AvgIpc) is 2.40. The van der Waals surface area contributed by atoms with Gasteiger partial charge in [-0.1, -0.05) is 32.9 Å². The van der Waals surface area contributed by atoms with E-state index >= 15 is 0 Å². The number of aliphatic hydroxyl groups is 3. The molecule has 0 aliphatic heterocycles. The van der Waals surface area contributed by atoms with Gasteiger partial charge in [-0.2, -0.15) is 0 Å². The molecule has 4 nitrogen and oxygen atoms in total. The maximum absolute atomic E-state index is 9.24. The minimum atomic E-state index is -1.00.